The Morgan fingerprint density at radius 1 is 1.47 bits per heavy atom. The van der Waals surface area contributed by atoms with Gasteiger partial charge in [-0.2, -0.15) is 0 Å². The Balaban J connectivity index is 1.61. The van der Waals surface area contributed by atoms with Crippen LogP contribution < -0.4 is 4.74 Å². The highest BCUT2D eigenvalue weighted by atomic mass is 16.6. The lowest BCUT2D eigenvalue weighted by molar-refractivity contribution is -0.157. The van der Waals surface area contributed by atoms with Crippen LogP contribution in [0.2, 0.25) is 0 Å². The Morgan fingerprint density at radius 3 is 2.95 bits per heavy atom. The Kier molecular flexibility index (Phi) is 2.89. The number of morpholine rings is 1. The molecule has 1 aromatic carbocycles. The van der Waals surface area contributed by atoms with E-state index in [2.05, 4.69) is 0 Å². The van der Waals surface area contributed by atoms with E-state index < -0.39 is 6.04 Å². The van der Waals surface area contributed by atoms with Crippen molar-refractivity contribution in [2.75, 3.05) is 13.2 Å². The summed E-state index contributed by atoms with van der Waals surface area (Å²) in [7, 11) is 0. The molecule has 2 aliphatic heterocycles. The number of rotatable bonds is 3. The number of ether oxygens (including phenoxy) is 2. The van der Waals surface area contributed by atoms with E-state index >= 15 is 0 Å². The van der Waals surface area contributed by atoms with Crippen molar-refractivity contribution in [3.05, 3.63) is 29.8 Å². The SMILES string of the molecule is Cc1ccccc1OCC(=O)N1C[C@@H]2C[C@H]1C(=O)O2. The number of carbonyl (C=O) groups excluding carboxylic acids is 2. The van der Waals surface area contributed by atoms with E-state index in [1.807, 2.05) is 31.2 Å². The maximum Gasteiger partial charge on any atom is 0.329 e. The van der Waals surface area contributed by atoms with E-state index in [-0.39, 0.29) is 24.6 Å². The zero-order valence-electron chi connectivity index (χ0n) is 10.7. The first-order valence-electron chi connectivity index (χ1n) is 6.33. The molecule has 0 spiro atoms. The average Bonchev–Trinajstić information content (AvgIpc) is 2.96. The summed E-state index contributed by atoms with van der Waals surface area (Å²) in [6.45, 7) is 2.38. The van der Waals surface area contributed by atoms with Gasteiger partial charge in [-0.3, -0.25) is 4.79 Å². The first kappa shape index (κ1) is 12.0. The van der Waals surface area contributed by atoms with E-state index in [4.69, 9.17) is 9.47 Å². The highest BCUT2D eigenvalue weighted by molar-refractivity contribution is 5.88. The summed E-state index contributed by atoms with van der Waals surface area (Å²) >= 11 is 0. The van der Waals surface area contributed by atoms with Crippen LogP contribution >= 0.6 is 0 Å². The van der Waals surface area contributed by atoms with Crippen LogP contribution in [0.25, 0.3) is 0 Å². The smallest absolute Gasteiger partial charge is 0.329 e. The van der Waals surface area contributed by atoms with Gasteiger partial charge in [-0.1, -0.05) is 18.2 Å². The molecular formula is C14H15NO4. The van der Waals surface area contributed by atoms with Crippen molar-refractivity contribution in [2.24, 2.45) is 0 Å². The molecule has 2 heterocycles. The molecule has 3 rings (SSSR count). The molecule has 0 radical (unpaired) electrons. The molecule has 2 bridgehead atoms. The Morgan fingerprint density at radius 2 is 2.26 bits per heavy atom. The van der Waals surface area contributed by atoms with E-state index in [9.17, 15) is 9.59 Å². The Hall–Kier alpha value is -2.04. The van der Waals surface area contributed by atoms with Gasteiger partial charge in [-0.05, 0) is 18.6 Å². The largest absolute Gasteiger partial charge is 0.484 e. The molecule has 0 saturated carbocycles. The molecule has 2 fully saturated rings. The number of hydrogen-bond donors (Lipinski definition) is 0. The fourth-order valence-electron chi connectivity index (χ4n) is 2.57. The van der Waals surface area contributed by atoms with Crippen LogP contribution in [0.15, 0.2) is 24.3 Å². The lowest BCUT2D eigenvalue weighted by atomic mass is 10.2. The van der Waals surface area contributed by atoms with Gasteiger partial charge in [0.25, 0.3) is 5.91 Å². The number of likely N-dealkylation sites (tertiary alicyclic amines) is 1. The minimum absolute atomic E-state index is 0.0403. The molecule has 1 amide bonds. The Bertz CT molecular complexity index is 528. The quantitative estimate of drug-likeness (QED) is 0.759. The number of benzene rings is 1. The summed E-state index contributed by atoms with van der Waals surface area (Å²) in [5.41, 5.74) is 0.984. The van der Waals surface area contributed by atoms with Crippen molar-refractivity contribution in [1.82, 2.24) is 4.90 Å². The number of para-hydroxylation sites is 1. The summed E-state index contributed by atoms with van der Waals surface area (Å²) in [6.07, 6.45) is 0.495. The maximum atomic E-state index is 12.1. The summed E-state index contributed by atoms with van der Waals surface area (Å²) in [5.74, 6) is 0.246. The molecular weight excluding hydrogens is 246 g/mol. The van der Waals surface area contributed by atoms with Gasteiger partial charge in [-0.15, -0.1) is 0 Å². The lowest BCUT2D eigenvalue weighted by Gasteiger charge is -2.25. The molecule has 2 atom stereocenters. The number of esters is 1. The third-order valence-corrected chi connectivity index (χ3v) is 3.58. The predicted molar refractivity (Wildman–Crippen MR) is 66.7 cm³/mol. The summed E-state index contributed by atoms with van der Waals surface area (Å²) < 4.78 is 10.6. The summed E-state index contributed by atoms with van der Waals surface area (Å²) in [4.78, 5) is 25.0. The summed E-state index contributed by atoms with van der Waals surface area (Å²) in [6, 6.07) is 7.13. The predicted octanol–water partition coefficient (Wildman–Crippen LogP) is 0.900. The fourth-order valence-corrected chi connectivity index (χ4v) is 2.57. The van der Waals surface area contributed by atoms with Crippen LogP contribution in [-0.2, 0) is 14.3 Å². The summed E-state index contributed by atoms with van der Waals surface area (Å²) in [5, 5.41) is 0. The van der Waals surface area contributed by atoms with Gasteiger partial charge in [0.05, 0.1) is 6.54 Å². The minimum Gasteiger partial charge on any atom is -0.484 e. The second kappa shape index (κ2) is 4.57. The van der Waals surface area contributed by atoms with E-state index in [1.165, 1.54) is 0 Å². The standard InChI is InChI=1S/C14H15NO4/c1-9-4-2-3-5-12(9)18-8-13(16)15-7-10-6-11(15)14(17)19-10/h2-5,10-11H,6-8H2,1H3/t10-,11-/m0/s1. The number of hydrogen-bond acceptors (Lipinski definition) is 4. The van der Waals surface area contributed by atoms with Gasteiger partial charge in [0.2, 0.25) is 0 Å². The van der Waals surface area contributed by atoms with Gasteiger partial charge >= 0.3 is 5.97 Å². The maximum absolute atomic E-state index is 12.1. The van der Waals surface area contributed by atoms with Crippen molar-refractivity contribution in [2.45, 2.75) is 25.5 Å². The van der Waals surface area contributed by atoms with Crippen molar-refractivity contribution in [3.63, 3.8) is 0 Å². The normalized spacial score (nSPS) is 24.5. The topological polar surface area (TPSA) is 55.8 Å². The zero-order chi connectivity index (χ0) is 13.4. The van der Waals surface area contributed by atoms with Gasteiger partial charge < -0.3 is 14.4 Å². The van der Waals surface area contributed by atoms with Crippen molar-refractivity contribution >= 4 is 11.9 Å². The molecule has 19 heavy (non-hydrogen) atoms. The molecule has 1 aromatic rings. The number of fused-ring (bicyclic) bond motifs is 2. The van der Waals surface area contributed by atoms with E-state index in [0.717, 1.165) is 5.56 Å². The van der Waals surface area contributed by atoms with Crippen LogP contribution in [0.5, 0.6) is 5.75 Å². The molecule has 0 aliphatic carbocycles. The van der Waals surface area contributed by atoms with Crippen LogP contribution in [0.1, 0.15) is 12.0 Å². The molecule has 0 aromatic heterocycles. The number of carbonyl (C=O) groups is 2. The van der Waals surface area contributed by atoms with E-state index in [0.29, 0.717) is 18.7 Å². The third kappa shape index (κ3) is 2.16. The van der Waals surface area contributed by atoms with Gasteiger partial charge in [-0.25, -0.2) is 4.79 Å². The highest BCUT2D eigenvalue weighted by Crippen LogP contribution is 2.29. The zero-order valence-corrected chi connectivity index (χ0v) is 10.7. The lowest BCUT2D eigenvalue weighted by Crippen LogP contribution is -2.46. The molecule has 0 N–H and O–H groups in total. The molecule has 0 unspecified atom stereocenters. The monoisotopic (exact) mass is 261 g/mol. The highest BCUT2D eigenvalue weighted by Gasteiger charge is 2.48. The Labute approximate surface area is 111 Å². The van der Waals surface area contributed by atoms with Crippen LogP contribution in [0, 0.1) is 6.92 Å². The van der Waals surface area contributed by atoms with Crippen LogP contribution in [-0.4, -0.2) is 42.1 Å². The third-order valence-electron chi connectivity index (χ3n) is 3.58. The molecule has 2 aliphatic rings. The van der Waals surface area contributed by atoms with Gasteiger partial charge in [0.15, 0.2) is 6.61 Å². The second-order valence-corrected chi connectivity index (χ2v) is 4.91. The molecule has 2 saturated heterocycles. The van der Waals surface area contributed by atoms with Crippen molar-refractivity contribution < 1.29 is 19.1 Å². The molecule has 100 valence electrons. The van der Waals surface area contributed by atoms with Gasteiger partial charge in [0, 0.05) is 6.42 Å². The van der Waals surface area contributed by atoms with Gasteiger partial charge in [0.1, 0.15) is 17.9 Å². The molecule has 5 nitrogen and oxygen atoms in total. The fraction of sp³-hybridized carbons (Fsp3) is 0.429. The number of nitrogens with zero attached hydrogens (tertiary/aromatic N) is 1. The first-order chi connectivity index (χ1) is 9.15. The minimum atomic E-state index is -0.405. The van der Waals surface area contributed by atoms with E-state index in [1.54, 1.807) is 4.90 Å². The average molecular weight is 261 g/mol. The number of amides is 1. The molecule has 5 heteroatoms. The van der Waals surface area contributed by atoms with Crippen molar-refractivity contribution in [1.29, 1.82) is 0 Å². The van der Waals surface area contributed by atoms with Crippen molar-refractivity contribution in [3.8, 4) is 5.75 Å². The van der Waals surface area contributed by atoms with Crippen LogP contribution in [0.4, 0.5) is 0 Å². The second-order valence-electron chi connectivity index (χ2n) is 4.91. The number of aryl methyl sites for hydroxylation is 1. The van der Waals surface area contributed by atoms with Crippen LogP contribution in [0.3, 0.4) is 0 Å². The first-order valence-corrected chi connectivity index (χ1v) is 6.33.